The average molecular weight is 330 g/mol. The maximum absolute atomic E-state index is 12.7. The molecule has 1 fully saturated rings. The Kier molecular flexibility index (Phi) is 5.87. The van der Waals surface area contributed by atoms with E-state index in [9.17, 15) is 17.6 Å². The zero-order valence-corrected chi connectivity index (χ0v) is 12.9. The third-order valence-electron chi connectivity index (χ3n) is 3.32. The second-order valence-electron chi connectivity index (χ2n) is 5.07. The van der Waals surface area contributed by atoms with Gasteiger partial charge in [0.05, 0.1) is 11.9 Å². The number of halogens is 1. The summed E-state index contributed by atoms with van der Waals surface area (Å²) in [6.07, 6.45) is 1.73. The van der Waals surface area contributed by atoms with Crippen LogP contribution in [0.25, 0.3) is 0 Å². The molecule has 1 saturated heterocycles. The van der Waals surface area contributed by atoms with Gasteiger partial charge in [-0.25, -0.2) is 17.5 Å². The van der Waals surface area contributed by atoms with E-state index in [0.29, 0.717) is 6.61 Å². The maximum atomic E-state index is 12.7. The molecule has 0 saturated carbocycles. The first-order chi connectivity index (χ1) is 10.5. The number of rotatable bonds is 7. The van der Waals surface area contributed by atoms with Gasteiger partial charge in [-0.1, -0.05) is 0 Å². The number of hydrogen-bond donors (Lipinski definition) is 2. The van der Waals surface area contributed by atoms with Gasteiger partial charge in [-0.3, -0.25) is 4.79 Å². The van der Waals surface area contributed by atoms with E-state index in [0.717, 1.165) is 12.8 Å². The fraction of sp³-hybridized carbons (Fsp3) is 0.500. The average Bonchev–Trinajstić information content (AvgIpc) is 2.99. The molecule has 1 aliphatic heterocycles. The molecule has 1 aromatic carbocycles. The van der Waals surface area contributed by atoms with Crippen molar-refractivity contribution in [2.75, 3.05) is 25.4 Å². The molecule has 1 aromatic rings. The van der Waals surface area contributed by atoms with Crippen LogP contribution in [0, 0.1) is 5.82 Å². The van der Waals surface area contributed by atoms with Crippen molar-refractivity contribution in [1.82, 2.24) is 10.0 Å². The van der Waals surface area contributed by atoms with Crippen LogP contribution in [0.5, 0.6) is 0 Å². The molecule has 0 bridgehead atoms. The van der Waals surface area contributed by atoms with Crippen LogP contribution >= 0.6 is 0 Å². The Balaban J connectivity index is 1.72. The van der Waals surface area contributed by atoms with Crippen LogP contribution in [0.3, 0.4) is 0 Å². The van der Waals surface area contributed by atoms with Gasteiger partial charge in [-0.2, -0.15) is 0 Å². The molecule has 1 atom stereocenters. The maximum Gasteiger partial charge on any atom is 0.251 e. The fourth-order valence-electron chi connectivity index (χ4n) is 2.10. The number of sulfonamides is 1. The Morgan fingerprint density at radius 2 is 2.05 bits per heavy atom. The summed E-state index contributed by atoms with van der Waals surface area (Å²) in [6.45, 7) is 0.908. The van der Waals surface area contributed by atoms with Crippen LogP contribution in [-0.2, 0) is 14.8 Å². The highest BCUT2D eigenvalue weighted by Gasteiger charge is 2.18. The Bertz CT molecular complexity index is 598. The van der Waals surface area contributed by atoms with Gasteiger partial charge in [-0.05, 0) is 37.1 Å². The first kappa shape index (κ1) is 16.9. The number of amides is 1. The van der Waals surface area contributed by atoms with Gasteiger partial charge in [0.1, 0.15) is 5.82 Å². The summed E-state index contributed by atoms with van der Waals surface area (Å²) < 4.78 is 44.1. The van der Waals surface area contributed by atoms with Gasteiger partial charge in [-0.15, -0.1) is 0 Å². The highest BCUT2D eigenvalue weighted by atomic mass is 32.2. The third kappa shape index (κ3) is 5.36. The molecule has 8 heteroatoms. The lowest BCUT2D eigenvalue weighted by Crippen LogP contribution is -2.37. The van der Waals surface area contributed by atoms with Crippen molar-refractivity contribution in [2.45, 2.75) is 18.9 Å². The van der Waals surface area contributed by atoms with Crippen molar-refractivity contribution in [3.05, 3.63) is 35.6 Å². The van der Waals surface area contributed by atoms with Crippen molar-refractivity contribution < 1.29 is 22.3 Å². The summed E-state index contributed by atoms with van der Waals surface area (Å²) in [7, 11) is -3.46. The molecule has 6 nitrogen and oxygen atoms in total. The summed E-state index contributed by atoms with van der Waals surface area (Å²) in [5.41, 5.74) is 0.283. The fourth-order valence-corrected chi connectivity index (χ4v) is 3.05. The summed E-state index contributed by atoms with van der Waals surface area (Å²) in [4.78, 5) is 11.7. The molecule has 122 valence electrons. The van der Waals surface area contributed by atoms with Gasteiger partial charge in [0.25, 0.3) is 5.91 Å². The lowest BCUT2D eigenvalue weighted by Gasteiger charge is -2.11. The number of nitrogens with one attached hydrogen (secondary N) is 2. The molecular formula is C14H19FN2O4S. The van der Waals surface area contributed by atoms with Gasteiger partial charge in [0.15, 0.2) is 0 Å². The molecule has 2 N–H and O–H groups in total. The number of hydrogen-bond acceptors (Lipinski definition) is 4. The number of benzene rings is 1. The van der Waals surface area contributed by atoms with Crippen LogP contribution in [0.15, 0.2) is 24.3 Å². The van der Waals surface area contributed by atoms with E-state index < -0.39 is 21.7 Å². The normalized spacial score (nSPS) is 18.3. The van der Waals surface area contributed by atoms with E-state index in [1.807, 2.05) is 0 Å². The van der Waals surface area contributed by atoms with E-state index in [1.54, 1.807) is 0 Å². The highest BCUT2D eigenvalue weighted by molar-refractivity contribution is 7.89. The molecule has 1 aliphatic rings. The third-order valence-corrected chi connectivity index (χ3v) is 4.67. The predicted octanol–water partition coefficient (Wildman–Crippen LogP) is 0.654. The summed E-state index contributed by atoms with van der Waals surface area (Å²) in [5.74, 6) is -1.08. The van der Waals surface area contributed by atoms with Crippen molar-refractivity contribution in [3.8, 4) is 0 Å². The summed E-state index contributed by atoms with van der Waals surface area (Å²) >= 11 is 0. The standard InChI is InChI=1S/C14H19FN2O4S/c15-12-5-3-11(4-6-12)14(18)16-7-9-22(19,20)17-10-13-2-1-8-21-13/h3-6,13,17H,1-2,7-10H2,(H,16,18)/t13-/m0/s1. The van der Waals surface area contributed by atoms with Crippen LogP contribution in [0.1, 0.15) is 23.2 Å². The summed E-state index contributed by atoms with van der Waals surface area (Å²) in [6, 6.07) is 5.04. The minimum atomic E-state index is -3.46. The molecule has 0 spiro atoms. The molecule has 2 rings (SSSR count). The molecule has 0 aliphatic carbocycles. The van der Waals surface area contributed by atoms with Gasteiger partial charge in [0.2, 0.25) is 10.0 Å². The van der Waals surface area contributed by atoms with Gasteiger partial charge >= 0.3 is 0 Å². The Hall–Kier alpha value is -1.51. The second-order valence-corrected chi connectivity index (χ2v) is 6.99. The first-order valence-corrected chi connectivity index (χ1v) is 8.74. The lowest BCUT2D eigenvalue weighted by atomic mass is 10.2. The smallest absolute Gasteiger partial charge is 0.251 e. The minimum Gasteiger partial charge on any atom is -0.377 e. The molecular weight excluding hydrogens is 311 g/mol. The molecule has 0 unspecified atom stereocenters. The van der Waals surface area contributed by atoms with Gasteiger partial charge < -0.3 is 10.1 Å². The van der Waals surface area contributed by atoms with E-state index >= 15 is 0 Å². The summed E-state index contributed by atoms with van der Waals surface area (Å²) in [5, 5.41) is 2.49. The topological polar surface area (TPSA) is 84.5 Å². The Labute approximate surface area is 129 Å². The minimum absolute atomic E-state index is 0.0168. The van der Waals surface area contributed by atoms with Crippen molar-refractivity contribution in [1.29, 1.82) is 0 Å². The molecule has 0 radical (unpaired) electrons. The molecule has 1 amide bonds. The number of ether oxygens (including phenoxy) is 1. The predicted molar refractivity (Wildman–Crippen MR) is 79.5 cm³/mol. The van der Waals surface area contributed by atoms with Crippen LogP contribution < -0.4 is 10.0 Å². The van der Waals surface area contributed by atoms with Crippen LogP contribution in [0.4, 0.5) is 4.39 Å². The zero-order chi connectivity index (χ0) is 16.0. The SMILES string of the molecule is O=C(NCCS(=O)(=O)NC[C@@H]1CCCO1)c1ccc(F)cc1. The largest absolute Gasteiger partial charge is 0.377 e. The number of carbonyl (C=O) groups excluding carboxylic acids is 1. The van der Waals surface area contributed by atoms with E-state index in [-0.39, 0.29) is 30.5 Å². The first-order valence-electron chi connectivity index (χ1n) is 7.09. The van der Waals surface area contributed by atoms with Crippen molar-refractivity contribution in [2.24, 2.45) is 0 Å². The zero-order valence-electron chi connectivity index (χ0n) is 12.0. The lowest BCUT2D eigenvalue weighted by molar-refractivity contribution is 0.0956. The van der Waals surface area contributed by atoms with Crippen LogP contribution in [0.2, 0.25) is 0 Å². The Morgan fingerprint density at radius 1 is 1.32 bits per heavy atom. The van der Waals surface area contributed by atoms with Gasteiger partial charge in [0, 0.05) is 25.3 Å². The number of carbonyl (C=O) groups is 1. The van der Waals surface area contributed by atoms with Crippen LogP contribution in [-0.4, -0.2) is 45.9 Å². The molecule has 1 heterocycles. The Morgan fingerprint density at radius 3 is 2.68 bits per heavy atom. The molecule has 22 heavy (non-hydrogen) atoms. The monoisotopic (exact) mass is 330 g/mol. The van der Waals surface area contributed by atoms with E-state index in [2.05, 4.69) is 10.0 Å². The highest BCUT2D eigenvalue weighted by Crippen LogP contribution is 2.10. The second kappa shape index (κ2) is 7.66. The van der Waals surface area contributed by atoms with E-state index in [1.165, 1.54) is 24.3 Å². The molecule has 0 aromatic heterocycles. The van der Waals surface area contributed by atoms with E-state index in [4.69, 9.17) is 4.74 Å². The quantitative estimate of drug-likeness (QED) is 0.769. The van der Waals surface area contributed by atoms with Crippen molar-refractivity contribution in [3.63, 3.8) is 0 Å². The van der Waals surface area contributed by atoms with Crippen molar-refractivity contribution >= 4 is 15.9 Å².